The van der Waals surface area contributed by atoms with Crippen molar-refractivity contribution < 1.29 is 4.39 Å². The monoisotopic (exact) mass is 297 g/mol. The van der Waals surface area contributed by atoms with E-state index < -0.39 is 0 Å². The molecule has 90 valence electrons. The average molecular weight is 298 g/mol. The molecular weight excluding hydrogens is 285 g/mol. The van der Waals surface area contributed by atoms with Crippen molar-refractivity contribution in [2.24, 2.45) is 7.05 Å². The lowest BCUT2D eigenvalue weighted by Gasteiger charge is -2.14. The normalized spacial score (nSPS) is 12.6. The summed E-state index contributed by atoms with van der Waals surface area (Å²) in [5, 5.41) is 4.71. The molecule has 1 aromatic heterocycles. The quantitative estimate of drug-likeness (QED) is 0.813. The number of aryl methyl sites for hydroxylation is 1. The fraction of sp³-hybridized carbons (Fsp3) is 0.333. The molecule has 0 aliphatic rings. The van der Waals surface area contributed by atoms with Gasteiger partial charge >= 0.3 is 0 Å². The highest BCUT2D eigenvalue weighted by molar-refractivity contribution is 9.09. The lowest BCUT2D eigenvalue weighted by Crippen LogP contribution is -2.10. The molecule has 0 aliphatic carbocycles. The third kappa shape index (κ3) is 2.72. The first-order valence-electron chi connectivity index (χ1n) is 5.35. The Labute approximate surface area is 108 Å². The number of benzene rings is 1. The largest absolute Gasteiger partial charge is 0.253 e. The van der Waals surface area contributed by atoms with E-state index in [0.717, 1.165) is 5.82 Å². The molecule has 0 amide bonds. The molecule has 0 spiro atoms. The van der Waals surface area contributed by atoms with Gasteiger partial charge in [0.15, 0.2) is 0 Å². The molecule has 0 N–H and O–H groups in total. The Kier molecular flexibility index (Phi) is 3.89. The number of alkyl halides is 1. The lowest BCUT2D eigenvalue weighted by molar-refractivity contribution is 0.578. The first kappa shape index (κ1) is 12.2. The van der Waals surface area contributed by atoms with E-state index in [-0.39, 0.29) is 11.7 Å². The van der Waals surface area contributed by atoms with E-state index in [1.54, 1.807) is 10.7 Å². The van der Waals surface area contributed by atoms with Gasteiger partial charge in [0.2, 0.25) is 0 Å². The molecule has 0 radical (unpaired) electrons. The zero-order valence-corrected chi connectivity index (χ0v) is 11.1. The van der Waals surface area contributed by atoms with Crippen LogP contribution in [-0.4, -0.2) is 20.1 Å². The minimum atomic E-state index is -0.167. The van der Waals surface area contributed by atoms with Gasteiger partial charge in [-0.25, -0.2) is 9.37 Å². The van der Waals surface area contributed by atoms with Gasteiger partial charge < -0.3 is 0 Å². The van der Waals surface area contributed by atoms with E-state index in [4.69, 9.17) is 0 Å². The number of aromatic nitrogens is 3. The predicted molar refractivity (Wildman–Crippen MR) is 67.6 cm³/mol. The second kappa shape index (κ2) is 5.40. The van der Waals surface area contributed by atoms with Crippen LogP contribution in [0.25, 0.3) is 0 Å². The van der Waals surface area contributed by atoms with Crippen LogP contribution < -0.4 is 0 Å². The van der Waals surface area contributed by atoms with Gasteiger partial charge in [0.1, 0.15) is 18.0 Å². The molecule has 3 nitrogen and oxygen atoms in total. The van der Waals surface area contributed by atoms with Crippen molar-refractivity contribution in [1.82, 2.24) is 14.8 Å². The Balaban J connectivity index is 2.23. The molecular formula is C12H13BrFN3. The van der Waals surface area contributed by atoms with Crippen LogP contribution in [0.3, 0.4) is 0 Å². The fourth-order valence-electron chi connectivity index (χ4n) is 1.78. The highest BCUT2D eigenvalue weighted by atomic mass is 79.9. The third-order valence-electron chi connectivity index (χ3n) is 2.77. The summed E-state index contributed by atoms with van der Waals surface area (Å²) in [5.41, 5.74) is 0.715. The zero-order chi connectivity index (χ0) is 12.3. The van der Waals surface area contributed by atoms with Crippen LogP contribution in [0.4, 0.5) is 4.39 Å². The average Bonchev–Trinajstić information content (AvgIpc) is 2.73. The van der Waals surface area contributed by atoms with Crippen LogP contribution in [0.5, 0.6) is 0 Å². The second-order valence-corrected chi connectivity index (χ2v) is 4.52. The molecule has 0 aliphatic heterocycles. The molecule has 1 unspecified atom stereocenters. The Morgan fingerprint density at radius 1 is 1.41 bits per heavy atom. The maximum Gasteiger partial charge on any atom is 0.138 e. The molecule has 0 saturated heterocycles. The summed E-state index contributed by atoms with van der Waals surface area (Å²) >= 11 is 3.43. The van der Waals surface area contributed by atoms with Crippen molar-refractivity contribution >= 4 is 15.9 Å². The van der Waals surface area contributed by atoms with E-state index in [0.29, 0.717) is 17.3 Å². The molecule has 2 aromatic rings. The smallest absolute Gasteiger partial charge is 0.138 e. The molecule has 1 heterocycles. The van der Waals surface area contributed by atoms with E-state index >= 15 is 0 Å². The molecule has 1 atom stereocenters. The Morgan fingerprint density at radius 3 is 2.76 bits per heavy atom. The molecule has 17 heavy (non-hydrogen) atoms. The third-order valence-corrected chi connectivity index (χ3v) is 3.55. The van der Waals surface area contributed by atoms with Gasteiger partial charge in [-0.1, -0.05) is 34.1 Å². The summed E-state index contributed by atoms with van der Waals surface area (Å²) in [5.74, 6) is 0.760. The number of hydrogen-bond donors (Lipinski definition) is 0. The Bertz CT molecular complexity index is 498. The lowest BCUT2D eigenvalue weighted by atomic mass is 9.97. The molecule has 0 fully saturated rings. The standard InChI is InChI=1S/C12H13BrFN3/c1-17-12(15-8-16-17)6-9(7-13)10-4-2-3-5-11(10)14/h2-5,8-9H,6-7H2,1H3. The zero-order valence-electron chi connectivity index (χ0n) is 9.48. The van der Waals surface area contributed by atoms with Gasteiger partial charge in [-0.05, 0) is 11.6 Å². The van der Waals surface area contributed by atoms with Gasteiger partial charge in [-0.2, -0.15) is 5.10 Å². The highest BCUT2D eigenvalue weighted by Gasteiger charge is 2.17. The van der Waals surface area contributed by atoms with Crippen molar-refractivity contribution in [3.63, 3.8) is 0 Å². The fourth-order valence-corrected chi connectivity index (χ4v) is 2.36. The number of halogens is 2. The van der Waals surface area contributed by atoms with Crippen LogP contribution in [0, 0.1) is 5.82 Å². The SMILES string of the molecule is Cn1ncnc1CC(CBr)c1ccccc1F. The molecule has 2 rings (SSSR count). The first-order chi connectivity index (χ1) is 8.22. The van der Waals surface area contributed by atoms with Gasteiger partial charge in [-0.3, -0.25) is 4.68 Å². The van der Waals surface area contributed by atoms with Gasteiger partial charge in [0.05, 0.1) is 0 Å². The minimum absolute atomic E-state index is 0.0686. The van der Waals surface area contributed by atoms with Crippen molar-refractivity contribution in [3.8, 4) is 0 Å². The van der Waals surface area contributed by atoms with E-state index in [9.17, 15) is 4.39 Å². The van der Waals surface area contributed by atoms with Gasteiger partial charge in [0, 0.05) is 24.7 Å². The predicted octanol–water partition coefficient (Wildman–Crippen LogP) is 2.68. The van der Waals surface area contributed by atoms with Crippen molar-refractivity contribution in [2.75, 3.05) is 5.33 Å². The van der Waals surface area contributed by atoms with Crippen LogP contribution in [-0.2, 0) is 13.5 Å². The summed E-state index contributed by atoms with van der Waals surface area (Å²) in [6.07, 6.45) is 2.19. The molecule has 5 heteroatoms. The van der Waals surface area contributed by atoms with Crippen LogP contribution in [0.15, 0.2) is 30.6 Å². The van der Waals surface area contributed by atoms with Gasteiger partial charge in [-0.15, -0.1) is 0 Å². The van der Waals surface area contributed by atoms with Crippen molar-refractivity contribution in [1.29, 1.82) is 0 Å². The van der Waals surface area contributed by atoms with Gasteiger partial charge in [0.25, 0.3) is 0 Å². The number of hydrogen-bond acceptors (Lipinski definition) is 2. The molecule has 1 aromatic carbocycles. The van der Waals surface area contributed by atoms with Crippen LogP contribution in [0.2, 0.25) is 0 Å². The van der Waals surface area contributed by atoms with Crippen LogP contribution in [0.1, 0.15) is 17.3 Å². The molecule has 0 bridgehead atoms. The van der Waals surface area contributed by atoms with Crippen molar-refractivity contribution in [2.45, 2.75) is 12.3 Å². The Hall–Kier alpha value is -1.23. The summed E-state index contributed by atoms with van der Waals surface area (Å²) < 4.78 is 15.4. The number of rotatable bonds is 4. The van der Waals surface area contributed by atoms with E-state index in [1.807, 2.05) is 19.2 Å². The summed E-state index contributed by atoms with van der Waals surface area (Å²) in [7, 11) is 1.84. The minimum Gasteiger partial charge on any atom is -0.253 e. The maximum atomic E-state index is 13.7. The maximum absolute atomic E-state index is 13.7. The van der Waals surface area contributed by atoms with Crippen LogP contribution >= 0.6 is 15.9 Å². The Morgan fingerprint density at radius 2 is 2.18 bits per heavy atom. The summed E-state index contributed by atoms with van der Waals surface area (Å²) in [4.78, 5) is 4.17. The highest BCUT2D eigenvalue weighted by Crippen LogP contribution is 2.24. The number of nitrogens with zero attached hydrogens (tertiary/aromatic N) is 3. The van der Waals surface area contributed by atoms with Crippen molar-refractivity contribution in [3.05, 3.63) is 47.8 Å². The summed E-state index contributed by atoms with van der Waals surface area (Å²) in [6.45, 7) is 0. The first-order valence-corrected chi connectivity index (χ1v) is 6.47. The topological polar surface area (TPSA) is 30.7 Å². The molecule has 0 saturated carbocycles. The van der Waals surface area contributed by atoms with E-state index in [2.05, 4.69) is 26.0 Å². The summed E-state index contributed by atoms with van der Waals surface area (Å²) in [6, 6.07) is 6.86. The second-order valence-electron chi connectivity index (χ2n) is 3.88. The van der Waals surface area contributed by atoms with E-state index in [1.165, 1.54) is 12.4 Å².